The van der Waals surface area contributed by atoms with E-state index < -0.39 is 0 Å². The van der Waals surface area contributed by atoms with Crippen molar-refractivity contribution in [3.05, 3.63) is 23.0 Å². The van der Waals surface area contributed by atoms with E-state index in [4.69, 9.17) is 11.6 Å². The second-order valence-electron chi connectivity index (χ2n) is 4.05. The van der Waals surface area contributed by atoms with Crippen molar-refractivity contribution in [2.75, 3.05) is 18.0 Å². The fraction of sp³-hybridized carbons (Fsp3) is 0.500. The average molecular weight is 239 g/mol. The monoisotopic (exact) mass is 238 g/mol. The summed E-state index contributed by atoms with van der Waals surface area (Å²) in [7, 11) is 0. The number of nitrogens with zero attached hydrogens (tertiary/aromatic N) is 2. The largest absolute Gasteiger partial charge is 0.371 e. The maximum absolute atomic E-state index is 11.0. The number of rotatable bonds is 2. The first kappa shape index (κ1) is 11.4. The van der Waals surface area contributed by atoms with Crippen molar-refractivity contribution in [1.29, 1.82) is 0 Å². The Kier molecular flexibility index (Phi) is 3.78. The Balaban J connectivity index is 2.30. The van der Waals surface area contributed by atoms with Gasteiger partial charge < -0.3 is 4.90 Å². The Morgan fingerprint density at radius 3 is 2.56 bits per heavy atom. The quantitative estimate of drug-likeness (QED) is 0.587. The van der Waals surface area contributed by atoms with E-state index in [1.165, 1.54) is 25.7 Å². The zero-order valence-corrected chi connectivity index (χ0v) is 9.91. The Bertz CT molecular complexity index is 373. The summed E-state index contributed by atoms with van der Waals surface area (Å²) in [6.07, 6.45) is 7.36. The van der Waals surface area contributed by atoms with Gasteiger partial charge in [0.15, 0.2) is 6.29 Å². The van der Waals surface area contributed by atoms with Crippen LogP contribution in [0.15, 0.2) is 12.3 Å². The predicted molar refractivity (Wildman–Crippen MR) is 65.3 cm³/mol. The van der Waals surface area contributed by atoms with Crippen LogP contribution in [0, 0.1) is 0 Å². The lowest BCUT2D eigenvalue weighted by Gasteiger charge is -2.24. The molecule has 0 aromatic carbocycles. The molecule has 0 atom stereocenters. The minimum Gasteiger partial charge on any atom is -0.371 e. The molecule has 1 aromatic heterocycles. The third-order valence-corrected chi connectivity index (χ3v) is 3.28. The highest BCUT2D eigenvalue weighted by atomic mass is 35.5. The summed E-state index contributed by atoms with van der Waals surface area (Å²) in [5.74, 6) is 0. The lowest BCUT2D eigenvalue weighted by Crippen LogP contribution is -2.25. The van der Waals surface area contributed by atoms with Gasteiger partial charge in [-0.15, -0.1) is 0 Å². The topological polar surface area (TPSA) is 33.2 Å². The van der Waals surface area contributed by atoms with Crippen LogP contribution in [0.4, 0.5) is 5.69 Å². The third-order valence-electron chi connectivity index (χ3n) is 2.98. The molecule has 4 heteroatoms. The molecule has 0 radical (unpaired) electrons. The van der Waals surface area contributed by atoms with Crippen LogP contribution in [0.3, 0.4) is 0 Å². The summed E-state index contributed by atoms with van der Waals surface area (Å²) in [6.45, 7) is 2.00. The van der Waals surface area contributed by atoms with Gasteiger partial charge in [-0.1, -0.05) is 24.4 Å². The van der Waals surface area contributed by atoms with E-state index in [1.807, 2.05) is 6.07 Å². The molecule has 2 rings (SSSR count). The van der Waals surface area contributed by atoms with Crippen LogP contribution in [0.5, 0.6) is 0 Å². The molecular formula is C12H15ClN2O. The molecule has 3 nitrogen and oxygen atoms in total. The minimum absolute atomic E-state index is 0.303. The van der Waals surface area contributed by atoms with Crippen LogP contribution >= 0.6 is 11.6 Å². The smallest absolute Gasteiger partial charge is 0.155 e. The number of aldehydes is 1. The molecule has 1 aliphatic heterocycles. The van der Waals surface area contributed by atoms with Gasteiger partial charge >= 0.3 is 0 Å². The van der Waals surface area contributed by atoms with Gasteiger partial charge in [0.25, 0.3) is 0 Å². The molecule has 0 bridgehead atoms. The first-order valence-corrected chi connectivity index (χ1v) is 6.05. The second-order valence-corrected chi connectivity index (χ2v) is 4.41. The minimum atomic E-state index is 0.303. The summed E-state index contributed by atoms with van der Waals surface area (Å²) >= 11 is 5.92. The second kappa shape index (κ2) is 5.30. The summed E-state index contributed by atoms with van der Waals surface area (Å²) in [5.41, 5.74) is 1.45. The lowest BCUT2D eigenvalue weighted by atomic mass is 10.2. The Morgan fingerprint density at radius 1 is 1.25 bits per heavy atom. The maximum atomic E-state index is 11.0. The highest BCUT2D eigenvalue weighted by Gasteiger charge is 2.15. The molecule has 16 heavy (non-hydrogen) atoms. The van der Waals surface area contributed by atoms with E-state index in [1.54, 1.807) is 6.20 Å². The molecule has 0 spiro atoms. The van der Waals surface area contributed by atoms with Crippen LogP contribution in [0.25, 0.3) is 0 Å². The van der Waals surface area contributed by atoms with Gasteiger partial charge in [-0.2, -0.15) is 0 Å². The summed E-state index contributed by atoms with van der Waals surface area (Å²) in [6, 6.07) is 1.88. The number of anilines is 1. The predicted octanol–water partition coefficient (Wildman–Crippen LogP) is 2.93. The van der Waals surface area contributed by atoms with Crippen molar-refractivity contribution in [2.24, 2.45) is 0 Å². The van der Waals surface area contributed by atoms with Gasteiger partial charge in [-0.25, -0.2) is 4.98 Å². The molecular weight excluding hydrogens is 224 g/mol. The lowest BCUT2D eigenvalue weighted by molar-refractivity contribution is 0.112. The number of carbonyl (C=O) groups is 1. The SMILES string of the molecule is O=Cc1c(N2CCCCCC2)ccnc1Cl. The number of pyridine rings is 1. The van der Waals surface area contributed by atoms with Crippen LogP contribution < -0.4 is 4.90 Å². The molecule has 0 aliphatic carbocycles. The molecule has 86 valence electrons. The summed E-state index contributed by atoms with van der Waals surface area (Å²) in [5, 5.41) is 0.303. The molecule has 0 unspecified atom stereocenters. The van der Waals surface area contributed by atoms with E-state index in [0.717, 1.165) is 25.1 Å². The first-order valence-electron chi connectivity index (χ1n) is 5.67. The third kappa shape index (κ3) is 2.35. The van der Waals surface area contributed by atoms with Crippen LogP contribution in [0.1, 0.15) is 36.0 Å². The zero-order valence-electron chi connectivity index (χ0n) is 9.16. The summed E-state index contributed by atoms with van der Waals surface area (Å²) in [4.78, 5) is 17.2. The number of halogens is 1. The van der Waals surface area contributed by atoms with Crippen molar-refractivity contribution >= 4 is 23.6 Å². The van der Waals surface area contributed by atoms with E-state index in [2.05, 4.69) is 9.88 Å². The Morgan fingerprint density at radius 2 is 1.94 bits per heavy atom. The first-order chi connectivity index (χ1) is 7.83. The van der Waals surface area contributed by atoms with Crippen LogP contribution in [0.2, 0.25) is 5.15 Å². The molecule has 1 saturated heterocycles. The van der Waals surface area contributed by atoms with Crippen LogP contribution in [-0.2, 0) is 0 Å². The highest BCUT2D eigenvalue weighted by Crippen LogP contribution is 2.26. The number of aromatic nitrogens is 1. The Hall–Kier alpha value is -1.09. The van der Waals surface area contributed by atoms with Gasteiger partial charge in [-0.3, -0.25) is 4.79 Å². The van der Waals surface area contributed by atoms with E-state index in [9.17, 15) is 4.79 Å². The van der Waals surface area contributed by atoms with Gasteiger partial charge in [0.05, 0.1) is 11.3 Å². The molecule has 2 heterocycles. The van der Waals surface area contributed by atoms with Gasteiger partial charge in [-0.05, 0) is 18.9 Å². The van der Waals surface area contributed by atoms with Gasteiger partial charge in [0, 0.05) is 19.3 Å². The number of hydrogen-bond acceptors (Lipinski definition) is 3. The molecule has 0 saturated carbocycles. The molecule has 0 N–H and O–H groups in total. The molecule has 1 fully saturated rings. The van der Waals surface area contributed by atoms with Crippen molar-refractivity contribution in [3.63, 3.8) is 0 Å². The number of carbonyl (C=O) groups excluding carboxylic acids is 1. The molecule has 1 aliphatic rings. The standard InChI is InChI=1S/C12H15ClN2O/c13-12-10(9-16)11(5-6-14-12)15-7-3-1-2-4-8-15/h5-6,9H,1-4,7-8H2. The van der Waals surface area contributed by atoms with Crippen molar-refractivity contribution in [1.82, 2.24) is 4.98 Å². The van der Waals surface area contributed by atoms with Gasteiger partial charge in [0.2, 0.25) is 0 Å². The average Bonchev–Trinajstić information content (AvgIpc) is 2.57. The molecule has 0 amide bonds. The summed E-state index contributed by atoms with van der Waals surface area (Å²) < 4.78 is 0. The fourth-order valence-electron chi connectivity index (χ4n) is 2.13. The van der Waals surface area contributed by atoms with Crippen molar-refractivity contribution in [3.8, 4) is 0 Å². The normalized spacial score (nSPS) is 16.9. The number of hydrogen-bond donors (Lipinski definition) is 0. The molecule has 1 aromatic rings. The van der Waals surface area contributed by atoms with Crippen molar-refractivity contribution < 1.29 is 4.79 Å². The highest BCUT2D eigenvalue weighted by molar-refractivity contribution is 6.32. The zero-order chi connectivity index (χ0) is 11.4. The van der Waals surface area contributed by atoms with E-state index in [-0.39, 0.29) is 0 Å². The fourth-order valence-corrected chi connectivity index (χ4v) is 2.33. The van der Waals surface area contributed by atoms with E-state index >= 15 is 0 Å². The maximum Gasteiger partial charge on any atom is 0.155 e. The van der Waals surface area contributed by atoms with Gasteiger partial charge in [0.1, 0.15) is 5.15 Å². The Labute approximate surface area is 100 Å². The van der Waals surface area contributed by atoms with Crippen LogP contribution in [-0.4, -0.2) is 24.4 Å². The van der Waals surface area contributed by atoms with E-state index in [0.29, 0.717) is 10.7 Å². The van der Waals surface area contributed by atoms with Crippen molar-refractivity contribution in [2.45, 2.75) is 25.7 Å².